The molecule has 4 heteroatoms. The zero-order chi connectivity index (χ0) is 12.1. The lowest BCUT2D eigenvalue weighted by atomic mass is 10.2. The van der Waals surface area contributed by atoms with Gasteiger partial charge in [0.1, 0.15) is 0 Å². The first-order valence-corrected chi connectivity index (χ1v) is 6.33. The third-order valence-electron chi connectivity index (χ3n) is 2.56. The molecule has 0 fully saturated rings. The lowest BCUT2D eigenvalue weighted by molar-refractivity contribution is 0.826. The van der Waals surface area contributed by atoms with Crippen LogP contribution in [0.3, 0.4) is 0 Å². The molecule has 0 aromatic carbocycles. The summed E-state index contributed by atoms with van der Waals surface area (Å²) >= 11 is 3.45. The highest BCUT2D eigenvalue weighted by molar-refractivity contribution is 9.10. The van der Waals surface area contributed by atoms with Crippen LogP contribution in [0.5, 0.6) is 0 Å². The first-order chi connectivity index (χ1) is 8.29. The van der Waals surface area contributed by atoms with Gasteiger partial charge in [0, 0.05) is 36.2 Å². The molecule has 0 amide bonds. The normalized spacial score (nSPS) is 10.2. The Morgan fingerprint density at radius 1 is 1.18 bits per heavy atom. The minimum atomic E-state index is 0.872. The lowest BCUT2D eigenvalue weighted by Gasteiger charge is -2.22. The molecule has 2 aromatic heterocycles. The minimum absolute atomic E-state index is 0.872. The number of pyridine rings is 2. The maximum absolute atomic E-state index is 4.19. The molecule has 2 rings (SSSR count). The van der Waals surface area contributed by atoms with E-state index in [2.05, 4.69) is 43.8 Å². The van der Waals surface area contributed by atoms with Crippen LogP contribution in [0, 0.1) is 0 Å². The molecule has 0 unspecified atom stereocenters. The summed E-state index contributed by atoms with van der Waals surface area (Å²) in [5.41, 5.74) is 2.38. The molecule has 0 radical (unpaired) electrons. The molecule has 0 aliphatic rings. The van der Waals surface area contributed by atoms with Gasteiger partial charge in [-0.25, -0.2) is 0 Å². The summed E-state index contributed by atoms with van der Waals surface area (Å²) in [6.07, 6.45) is 7.32. The minimum Gasteiger partial charge on any atom is -0.366 e. The average Bonchev–Trinajstić information content (AvgIpc) is 2.37. The largest absolute Gasteiger partial charge is 0.366 e. The smallest absolute Gasteiger partial charge is 0.0566 e. The highest BCUT2D eigenvalue weighted by atomic mass is 79.9. The van der Waals surface area contributed by atoms with Gasteiger partial charge in [-0.15, -0.1) is 0 Å². The predicted molar refractivity (Wildman–Crippen MR) is 72.9 cm³/mol. The molecule has 2 aromatic rings. The summed E-state index contributed by atoms with van der Waals surface area (Å²) in [5, 5.41) is 0. The average molecular weight is 292 g/mol. The number of halogens is 1. The Morgan fingerprint density at radius 2 is 1.94 bits per heavy atom. The van der Waals surface area contributed by atoms with Gasteiger partial charge in [0.25, 0.3) is 0 Å². The van der Waals surface area contributed by atoms with Gasteiger partial charge in [-0.05, 0) is 46.6 Å². The fourth-order valence-corrected chi connectivity index (χ4v) is 2.02. The first-order valence-electron chi connectivity index (χ1n) is 5.54. The summed E-state index contributed by atoms with van der Waals surface area (Å²) in [4.78, 5) is 10.5. The van der Waals surface area contributed by atoms with Gasteiger partial charge in [-0.1, -0.05) is 0 Å². The second kappa shape index (κ2) is 5.77. The van der Waals surface area contributed by atoms with Crippen LogP contribution in [-0.2, 0) is 6.54 Å². The van der Waals surface area contributed by atoms with Crippen molar-refractivity contribution in [2.45, 2.75) is 13.5 Å². The molecule has 2 heterocycles. The van der Waals surface area contributed by atoms with Crippen LogP contribution < -0.4 is 4.90 Å². The van der Waals surface area contributed by atoms with Crippen molar-refractivity contribution in [3.05, 3.63) is 53.0 Å². The Hall–Kier alpha value is -1.42. The lowest BCUT2D eigenvalue weighted by Crippen LogP contribution is -2.22. The van der Waals surface area contributed by atoms with Gasteiger partial charge < -0.3 is 4.90 Å². The fraction of sp³-hybridized carbons (Fsp3) is 0.231. The molecule has 0 saturated heterocycles. The van der Waals surface area contributed by atoms with Crippen LogP contribution in [0.2, 0.25) is 0 Å². The molecular weight excluding hydrogens is 278 g/mol. The molecule has 0 aliphatic heterocycles. The van der Waals surface area contributed by atoms with Crippen molar-refractivity contribution < 1.29 is 0 Å². The summed E-state index contributed by atoms with van der Waals surface area (Å²) in [7, 11) is 0. The van der Waals surface area contributed by atoms with E-state index in [1.165, 1.54) is 5.56 Å². The van der Waals surface area contributed by atoms with E-state index in [9.17, 15) is 0 Å². The molecule has 3 nitrogen and oxygen atoms in total. The van der Waals surface area contributed by atoms with Crippen molar-refractivity contribution in [3.8, 4) is 0 Å². The van der Waals surface area contributed by atoms with Gasteiger partial charge in [0.05, 0.1) is 11.9 Å². The van der Waals surface area contributed by atoms with Crippen LogP contribution in [-0.4, -0.2) is 16.5 Å². The van der Waals surface area contributed by atoms with Gasteiger partial charge in [-0.3, -0.25) is 9.97 Å². The van der Waals surface area contributed by atoms with E-state index >= 15 is 0 Å². The SMILES string of the molecule is CCN(Cc1ccncc1)c1cncc(Br)c1. The van der Waals surface area contributed by atoms with E-state index in [1.807, 2.05) is 30.7 Å². The van der Waals surface area contributed by atoms with Crippen molar-refractivity contribution in [1.82, 2.24) is 9.97 Å². The molecule has 0 atom stereocenters. The Kier molecular flexibility index (Phi) is 4.09. The van der Waals surface area contributed by atoms with Crippen molar-refractivity contribution in [1.29, 1.82) is 0 Å². The predicted octanol–water partition coefficient (Wildman–Crippen LogP) is 3.27. The van der Waals surface area contributed by atoms with Crippen LogP contribution in [0.25, 0.3) is 0 Å². The Balaban J connectivity index is 2.17. The van der Waals surface area contributed by atoms with Gasteiger partial charge in [-0.2, -0.15) is 0 Å². The van der Waals surface area contributed by atoms with Gasteiger partial charge in [0.2, 0.25) is 0 Å². The van der Waals surface area contributed by atoms with Crippen molar-refractivity contribution in [3.63, 3.8) is 0 Å². The molecule has 0 N–H and O–H groups in total. The van der Waals surface area contributed by atoms with Crippen LogP contribution in [0.4, 0.5) is 5.69 Å². The first kappa shape index (κ1) is 12.0. The standard InChI is InChI=1S/C13H14BrN3/c1-2-17(10-11-3-5-15-6-4-11)13-7-12(14)8-16-9-13/h3-9H,2,10H2,1H3. The summed E-state index contributed by atoms with van der Waals surface area (Å²) < 4.78 is 1.00. The topological polar surface area (TPSA) is 29.0 Å². The summed E-state index contributed by atoms with van der Waals surface area (Å²) in [6.45, 7) is 3.96. The molecule has 88 valence electrons. The van der Waals surface area contributed by atoms with E-state index < -0.39 is 0 Å². The number of aromatic nitrogens is 2. The number of nitrogens with zero attached hydrogens (tertiary/aromatic N) is 3. The highest BCUT2D eigenvalue weighted by Crippen LogP contribution is 2.19. The number of hydrogen-bond donors (Lipinski definition) is 0. The summed E-state index contributed by atoms with van der Waals surface area (Å²) in [6, 6.07) is 6.15. The third-order valence-corrected chi connectivity index (χ3v) is 2.99. The van der Waals surface area contributed by atoms with E-state index in [4.69, 9.17) is 0 Å². The van der Waals surface area contributed by atoms with Crippen LogP contribution in [0.1, 0.15) is 12.5 Å². The molecule has 17 heavy (non-hydrogen) atoms. The maximum atomic E-state index is 4.19. The van der Waals surface area contributed by atoms with E-state index in [-0.39, 0.29) is 0 Å². The highest BCUT2D eigenvalue weighted by Gasteiger charge is 2.05. The van der Waals surface area contributed by atoms with Crippen molar-refractivity contribution in [2.24, 2.45) is 0 Å². The maximum Gasteiger partial charge on any atom is 0.0566 e. The fourth-order valence-electron chi connectivity index (χ4n) is 1.67. The Labute approximate surface area is 110 Å². The molecule has 0 spiro atoms. The van der Waals surface area contributed by atoms with Crippen LogP contribution in [0.15, 0.2) is 47.5 Å². The number of rotatable bonds is 4. The number of hydrogen-bond acceptors (Lipinski definition) is 3. The second-order valence-electron chi connectivity index (χ2n) is 3.73. The van der Waals surface area contributed by atoms with Gasteiger partial charge in [0.15, 0.2) is 0 Å². The van der Waals surface area contributed by atoms with Crippen molar-refractivity contribution in [2.75, 3.05) is 11.4 Å². The third kappa shape index (κ3) is 3.27. The molecule has 0 bridgehead atoms. The van der Waals surface area contributed by atoms with Crippen molar-refractivity contribution >= 4 is 21.6 Å². The molecular formula is C13H14BrN3. The summed E-state index contributed by atoms with van der Waals surface area (Å²) in [5.74, 6) is 0. The van der Waals surface area contributed by atoms with E-state index in [0.717, 1.165) is 23.2 Å². The second-order valence-corrected chi connectivity index (χ2v) is 4.65. The van der Waals surface area contributed by atoms with E-state index in [1.54, 1.807) is 6.20 Å². The van der Waals surface area contributed by atoms with Crippen LogP contribution >= 0.6 is 15.9 Å². The Morgan fingerprint density at radius 3 is 2.59 bits per heavy atom. The molecule has 0 aliphatic carbocycles. The zero-order valence-corrected chi connectivity index (χ0v) is 11.3. The number of anilines is 1. The van der Waals surface area contributed by atoms with Gasteiger partial charge >= 0.3 is 0 Å². The zero-order valence-electron chi connectivity index (χ0n) is 9.68. The monoisotopic (exact) mass is 291 g/mol. The molecule has 0 saturated carbocycles. The van der Waals surface area contributed by atoms with E-state index in [0.29, 0.717) is 0 Å². The quantitative estimate of drug-likeness (QED) is 0.866. The Bertz CT molecular complexity index is 473.